The Morgan fingerprint density at radius 3 is 1.84 bits per heavy atom. The maximum Gasteiger partial charge on any atom is 0.191 e. The van der Waals surface area contributed by atoms with E-state index in [1.54, 1.807) is 0 Å². The fourth-order valence-corrected chi connectivity index (χ4v) is 5.46. The van der Waals surface area contributed by atoms with Crippen LogP contribution in [0.4, 0.5) is 0 Å². The van der Waals surface area contributed by atoms with Crippen molar-refractivity contribution in [2.45, 2.75) is 98.2 Å². The van der Waals surface area contributed by atoms with Crippen LogP contribution >= 0.6 is 7.82 Å². The van der Waals surface area contributed by atoms with Crippen molar-refractivity contribution in [3.63, 3.8) is 0 Å². The first-order chi connectivity index (χ1) is 17.2. The first-order valence-corrected chi connectivity index (χ1v) is 13.3. The van der Waals surface area contributed by atoms with Crippen LogP contribution in [0.2, 0.25) is 0 Å². The van der Waals surface area contributed by atoms with Crippen LogP contribution in [-0.2, 0) is 28.0 Å². The number of rotatable bonds is 8. The molecule has 0 bridgehead atoms. The number of aliphatic hydroxyl groups excluding tert-OH is 6. The molecule has 2 aliphatic heterocycles. The minimum atomic E-state index is -5.60. The van der Waals surface area contributed by atoms with Crippen LogP contribution in [0.25, 0.3) is 0 Å². The largest absolute Gasteiger partial charge is 0.790 e. The third-order valence-corrected chi connectivity index (χ3v) is 7.49. The molecule has 0 unspecified atom stereocenters. The monoisotopic (exact) mass is 566 g/mol. The fraction of sp³-hybridized carbons (Fsp3) is 1.00. The van der Waals surface area contributed by atoms with Crippen molar-refractivity contribution in [2.24, 2.45) is 0 Å². The van der Waals surface area contributed by atoms with E-state index in [1.165, 1.54) is 0 Å². The Labute approximate surface area is 211 Å². The standard InChI is InChI=1S/C18H37N4O14P/c19-2-6-10(25)11(26)12(27)17(32-6)34-14-4(20)1-5(21)15(13(14)28)35-18-16(36-37(29,30)31)8(22)9(24)7(3-23)33-18/h4-18,23-28H,1-3,19-22H2,(H2,29,30,31)/p+2/t4-,5+,6+,7+,8-,9+,10+,11-,12+,13-,14+,15-,16+,17+,18+/m0/s1. The van der Waals surface area contributed by atoms with Gasteiger partial charge in [0, 0.05) is 0 Å². The summed E-state index contributed by atoms with van der Waals surface area (Å²) >= 11 is 0. The Morgan fingerprint density at radius 1 is 0.784 bits per heavy atom. The molecule has 0 spiro atoms. The minimum absolute atomic E-state index is 0.0479. The van der Waals surface area contributed by atoms with Gasteiger partial charge in [0.1, 0.15) is 79.6 Å². The van der Waals surface area contributed by atoms with E-state index in [2.05, 4.69) is 27.5 Å². The van der Waals surface area contributed by atoms with Crippen LogP contribution < -0.4 is 32.7 Å². The van der Waals surface area contributed by atoms with Crippen LogP contribution in [0, 0.1) is 0 Å². The van der Waals surface area contributed by atoms with Gasteiger partial charge in [-0.15, -0.1) is 0 Å². The van der Waals surface area contributed by atoms with Crippen molar-refractivity contribution in [1.29, 1.82) is 0 Å². The van der Waals surface area contributed by atoms with Gasteiger partial charge in [0.05, 0.1) is 20.9 Å². The molecule has 3 rings (SSSR count). The lowest BCUT2D eigenvalue weighted by atomic mass is 9.84. The quantitative estimate of drug-likeness (QED) is 0.122. The van der Waals surface area contributed by atoms with Crippen molar-refractivity contribution in [3.8, 4) is 0 Å². The fourth-order valence-electron chi connectivity index (χ4n) is 4.90. The van der Waals surface area contributed by atoms with Crippen molar-refractivity contribution in [1.82, 2.24) is 0 Å². The van der Waals surface area contributed by atoms with Gasteiger partial charge < -0.3 is 91.4 Å². The van der Waals surface area contributed by atoms with Crippen LogP contribution in [0.1, 0.15) is 6.42 Å². The Morgan fingerprint density at radius 2 is 1.32 bits per heavy atom. The molecular formula is C18H39N4O14P+2. The third kappa shape index (κ3) is 6.83. The van der Waals surface area contributed by atoms with Gasteiger partial charge in [-0.3, -0.25) is 0 Å². The second-order valence-corrected chi connectivity index (χ2v) is 10.8. The number of phosphoric acid groups is 1. The van der Waals surface area contributed by atoms with E-state index in [4.69, 9.17) is 18.9 Å². The molecule has 19 heteroatoms. The molecule has 18 nitrogen and oxygen atoms in total. The molecule has 0 radical (unpaired) electrons. The molecule has 0 aromatic heterocycles. The predicted octanol–water partition coefficient (Wildman–Crippen LogP) is -11.3. The molecule has 15 atom stereocenters. The average molecular weight is 566 g/mol. The average Bonchev–Trinajstić information content (AvgIpc) is 2.82. The molecule has 0 aromatic carbocycles. The zero-order valence-electron chi connectivity index (χ0n) is 20.0. The van der Waals surface area contributed by atoms with E-state index in [-0.39, 0.29) is 13.0 Å². The highest BCUT2D eigenvalue weighted by Gasteiger charge is 2.55. The maximum atomic E-state index is 11.3. The molecule has 1 aliphatic carbocycles. The van der Waals surface area contributed by atoms with E-state index < -0.39 is 106 Å². The van der Waals surface area contributed by atoms with Gasteiger partial charge in [-0.25, -0.2) is 0 Å². The molecule has 1 saturated carbocycles. The Balaban J connectivity index is 1.80. The van der Waals surface area contributed by atoms with Gasteiger partial charge in [0.2, 0.25) is 0 Å². The zero-order chi connectivity index (χ0) is 27.8. The molecule has 218 valence electrons. The topological polar surface area (TPSA) is 341 Å². The molecule has 0 amide bonds. The number of hydrogen-bond acceptors (Lipinski definition) is 14. The molecular weight excluding hydrogens is 527 g/mol. The predicted molar refractivity (Wildman–Crippen MR) is 109 cm³/mol. The van der Waals surface area contributed by atoms with E-state index >= 15 is 0 Å². The Bertz CT molecular complexity index is 796. The summed E-state index contributed by atoms with van der Waals surface area (Å²) in [5, 5.41) is 61.5. The second kappa shape index (κ2) is 12.4. The highest BCUT2D eigenvalue weighted by atomic mass is 31.2. The third-order valence-electron chi connectivity index (χ3n) is 6.99. The van der Waals surface area contributed by atoms with Crippen LogP contribution in [0.5, 0.6) is 0 Å². The molecule has 37 heavy (non-hydrogen) atoms. The molecule has 0 aromatic rings. The first-order valence-electron chi connectivity index (χ1n) is 11.8. The number of hydrogen-bond donors (Lipinski definition) is 10. The lowest BCUT2D eigenvalue weighted by molar-refractivity contribution is -0.526. The maximum absolute atomic E-state index is 11.3. The summed E-state index contributed by atoms with van der Waals surface area (Å²) in [6.45, 7) is -0.648. The van der Waals surface area contributed by atoms with Crippen LogP contribution in [0.15, 0.2) is 0 Å². The summed E-state index contributed by atoms with van der Waals surface area (Å²) in [4.78, 5) is 22.7. The summed E-state index contributed by atoms with van der Waals surface area (Å²) in [6.07, 6.45) is -17.0. The highest BCUT2D eigenvalue weighted by Crippen LogP contribution is 2.36. The number of quaternary nitrogens is 4. The molecule has 2 heterocycles. The Hall–Kier alpha value is -0.450. The van der Waals surface area contributed by atoms with Crippen LogP contribution in [0.3, 0.4) is 0 Å². The van der Waals surface area contributed by atoms with E-state index in [1.807, 2.05) is 0 Å². The smallest absolute Gasteiger partial charge is 0.191 e. The zero-order valence-corrected chi connectivity index (χ0v) is 20.9. The number of ether oxygens (including phenoxy) is 4. The van der Waals surface area contributed by atoms with E-state index in [0.717, 1.165) is 0 Å². The van der Waals surface area contributed by atoms with Gasteiger partial charge in [0.15, 0.2) is 18.7 Å². The normalized spacial score (nSPS) is 49.7. The van der Waals surface area contributed by atoms with Crippen LogP contribution in [-0.4, -0.2) is 136 Å². The molecule has 2 saturated heterocycles. The lowest BCUT2D eigenvalue weighted by Crippen LogP contribution is -2.83. The van der Waals surface area contributed by atoms with Gasteiger partial charge in [-0.05, 0) is 0 Å². The number of aliphatic hydroxyl groups is 6. The van der Waals surface area contributed by atoms with Gasteiger partial charge >= 0.3 is 0 Å². The van der Waals surface area contributed by atoms with Gasteiger partial charge in [-0.2, -0.15) is 0 Å². The van der Waals surface area contributed by atoms with E-state index in [9.17, 15) is 45.0 Å². The SMILES string of the molecule is [NH3+]C[C@H]1O[C@H](O[C@H]2[C@H](O)[C@@H](O[C@H]3O[C@H](CO)[C@@H](O)[C@H]([NH3+])[C@H]3OP(=O)([O-])[O-])[C@H]([NH3+])C[C@@H]2[NH3+])[C@H](O)[C@@H](O)[C@@H]1O. The van der Waals surface area contributed by atoms with Gasteiger partial charge in [0.25, 0.3) is 0 Å². The molecule has 3 aliphatic rings. The van der Waals surface area contributed by atoms with E-state index in [0.29, 0.717) is 0 Å². The van der Waals surface area contributed by atoms with Gasteiger partial charge in [-0.1, -0.05) is 0 Å². The summed E-state index contributed by atoms with van der Waals surface area (Å²) in [5.41, 5.74) is 15.1. The minimum Gasteiger partial charge on any atom is -0.790 e. The summed E-state index contributed by atoms with van der Waals surface area (Å²) in [6, 6.07) is -2.57. The second-order valence-electron chi connectivity index (χ2n) is 9.65. The first kappa shape index (κ1) is 31.1. The highest BCUT2D eigenvalue weighted by molar-refractivity contribution is 7.43. The lowest BCUT2D eigenvalue weighted by Gasteiger charge is -2.47. The molecule has 3 fully saturated rings. The van der Waals surface area contributed by atoms with Crippen molar-refractivity contribution >= 4 is 7.82 Å². The summed E-state index contributed by atoms with van der Waals surface area (Å²) in [7, 11) is -5.60. The molecule has 18 N–H and O–H groups in total. The summed E-state index contributed by atoms with van der Waals surface area (Å²) < 4.78 is 38.4. The Kier molecular flexibility index (Phi) is 10.4. The summed E-state index contributed by atoms with van der Waals surface area (Å²) in [5.74, 6) is 0. The van der Waals surface area contributed by atoms with Crippen molar-refractivity contribution in [3.05, 3.63) is 0 Å². The van der Waals surface area contributed by atoms with Crippen molar-refractivity contribution in [2.75, 3.05) is 13.2 Å². The van der Waals surface area contributed by atoms with Crippen molar-refractivity contribution < 1.29 is 91.4 Å². The number of phosphoric ester groups is 1.